The van der Waals surface area contributed by atoms with Crippen LogP contribution in [-0.4, -0.2) is 23.5 Å². The minimum Gasteiger partial charge on any atom is -0.452 e. The van der Waals surface area contributed by atoms with Crippen LogP contribution in [0.2, 0.25) is 5.02 Å². The van der Waals surface area contributed by atoms with Crippen LogP contribution in [0.4, 0.5) is 14.5 Å². The number of carbonyl (C=O) groups excluding carboxylic acids is 2. The molecular weight excluding hydrogens is 378 g/mol. The zero-order valence-electron chi connectivity index (χ0n) is 14.1. The van der Waals surface area contributed by atoms with Gasteiger partial charge in [0.05, 0.1) is 16.8 Å². The third-order valence-corrected chi connectivity index (χ3v) is 3.90. The van der Waals surface area contributed by atoms with Gasteiger partial charge in [-0.1, -0.05) is 11.6 Å². The largest absolute Gasteiger partial charge is 0.452 e. The molecule has 2 aromatic carbocycles. The molecule has 0 aliphatic rings. The van der Waals surface area contributed by atoms with Crippen molar-refractivity contribution in [3.05, 3.63) is 70.4 Å². The van der Waals surface area contributed by atoms with Crippen molar-refractivity contribution in [1.82, 2.24) is 4.98 Å². The Morgan fingerprint density at radius 2 is 1.81 bits per heavy atom. The van der Waals surface area contributed by atoms with Crippen molar-refractivity contribution in [2.24, 2.45) is 0 Å². The molecule has 5 nitrogen and oxygen atoms in total. The normalized spacial score (nSPS) is 10.7. The van der Waals surface area contributed by atoms with Crippen molar-refractivity contribution in [2.45, 2.75) is 6.92 Å². The van der Waals surface area contributed by atoms with Crippen LogP contribution < -0.4 is 5.32 Å². The maximum atomic E-state index is 13.1. The molecule has 0 aliphatic heterocycles. The van der Waals surface area contributed by atoms with Crippen LogP contribution in [0.1, 0.15) is 16.1 Å². The minimum atomic E-state index is -0.834. The first-order chi connectivity index (χ1) is 12.8. The highest BCUT2D eigenvalue weighted by atomic mass is 35.5. The highest BCUT2D eigenvalue weighted by Gasteiger charge is 2.15. The number of hydrogen-bond donors (Lipinski definition) is 1. The monoisotopic (exact) mass is 390 g/mol. The number of esters is 1. The number of aromatic nitrogens is 1. The molecule has 0 atom stereocenters. The SMILES string of the molecule is Cc1nc2ccc(Cl)cc2cc1C(=O)OCC(=O)Nc1cc(F)cc(F)c1. The van der Waals surface area contributed by atoms with E-state index < -0.39 is 30.1 Å². The van der Waals surface area contributed by atoms with Crippen LogP contribution in [-0.2, 0) is 9.53 Å². The molecule has 138 valence electrons. The van der Waals surface area contributed by atoms with Gasteiger partial charge >= 0.3 is 5.97 Å². The van der Waals surface area contributed by atoms with Crippen LogP contribution in [0.3, 0.4) is 0 Å². The maximum Gasteiger partial charge on any atom is 0.340 e. The molecule has 1 N–H and O–H groups in total. The Bertz CT molecular complexity index is 1040. The Balaban J connectivity index is 1.69. The van der Waals surface area contributed by atoms with Crippen LogP contribution >= 0.6 is 11.6 Å². The van der Waals surface area contributed by atoms with E-state index in [0.717, 1.165) is 12.1 Å². The quantitative estimate of drug-likeness (QED) is 0.675. The molecule has 0 saturated carbocycles. The summed E-state index contributed by atoms with van der Waals surface area (Å²) in [6.07, 6.45) is 0. The highest BCUT2D eigenvalue weighted by molar-refractivity contribution is 6.31. The number of amides is 1. The van der Waals surface area contributed by atoms with Crippen LogP contribution in [0.5, 0.6) is 0 Å². The first-order valence-electron chi connectivity index (χ1n) is 7.82. The van der Waals surface area contributed by atoms with Crippen molar-refractivity contribution in [3.8, 4) is 0 Å². The van der Waals surface area contributed by atoms with E-state index in [9.17, 15) is 18.4 Å². The van der Waals surface area contributed by atoms with E-state index in [1.807, 2.05) is 0 Å². The first-order valence-corrected chi connectivity index (χ1v) is 8.19. The maximum absolute atomic E-state index is 13.1. The van der Waals surface area contributed by atoms with Crippen molar-refractivity contribution < 1.29 is 23.1 Å². The van der Waals surface area contributed by atoms with Gasteiger partial charge in [0.25, 0.3) is 5.91 Å². The van der Waals surface area contributed by atoms with Crippen molar-refractivity contribution in [2.75, 3.05) is 11.9 Å². The molecule has 0 unspecified atom stereocenters. The number of aryl methyl sites for hydroxylation is 1. The number of ether oxygens (including phenoxy) is 1. The molecule has 0 bridgehead atoms. The number of hydrogen-bond acceptors (Lipinski definition) is 4. The molecule has 27 heavy (non-hydrogen) atoms. The van der Waals surface area contributed by atoms with Crippen LogP contribution in [0.15, 0.2) is 42.5 Å². The fraction of sp³-hybridized carbons (Fsp3) is 0.105. The van der Waals surface area contributed by atoms with Gasteiger partial charge in [-0.15, -0.1) is 0 Å². The van der Waals surface area contributed by atoms with Gasteiger partial charge in [0, 0.05) is 22.2 Å². The Labute approximate surface area is 157 Å². The summed E-state index contributed by atoms with van der Waals surface area (Å²) in [4.78, 5) is 28.4. The summed E-state index contributed by atoms with van der Waals surface area (Å²) in [6, 6.07) is 9.22. The third kappa shape index (κ3) is 4.57. The summed E-state index contributed by atoms with van der Waals surface area (Å²) in [5.41, 5.74) is 1.21. The summed E-state index contributed by atoms with van der Waals surface area (Å²) in [7, 11) is 0. The molecule has 1 heterocycles. The lowest BCUT2D eigenvalue weighted by atomic mass is 10.1. The second-order valence-electron chi connectivity index (χ2n) is 5.74. The average Bonchev–Trinajstić information content (AvgIpc) is 2.58. The second kappa shape index (κ2) is 7.67. The number of pyridine rings is 1. The van der Waals surface area contributed by atoms with E-state index in [4.69, 9.17) is 16.3 Å². The lowest BCUT2D eigenvalue weighted by Gasteiger charge is -2.09. The molecule has 3 rings (SSSR count). The molecule has 0 radical (unpaired) electrons. The molecular formula is C19H13ClF2N2O3. The Hall–Kier alpha value is -3.06. The van der Waals surface area contributed by atoms with Gasteiger partial charge in [-0.05, 0) is 43.3 Å². The zero-order chi connectivity index (χ0) is 19.6. The first kappa shape index (κ1) is 18.7. The summed E-state index contributed by atoms with van der Waals surface area (Å²) in [5, 5.41) is 3.40. The van der Waals surface area contributed by atoms with Gasteiger partial charge in [0.1, 0.15) is 11.6 Å². The molecule has 1 aromatic heterocycles. The van der Waals surface area contributed by atoms with E-state index in [-0.39, 0.29) is 11.3 Å². The van der Waals surface area contributed by atoms with Gasteiger partial charge in [-0.25, -0.2) is 13.6 Å². The Morgan fingerprint density at radius 1 is 1.11 bits per heavy atom. The standard InChI is InChI=1S/C19H13ClF2N2O3/c1-10-16(5-11-4-12(20)2-3-17(11)23-10)19(26)27-9-18(25)24-15-7-13(21)6-14(22)8-15/h2-8H,9H2,1H3,(H,24,25). The lowest BCUT2D eigenvalue weighted by Crippen LogP contribution is -2.21. The smallest absolute Gasteiger partial charge is 0.340 e. The number of halogens is 3. The highest BCUT2D eigenvalue weighted by Crippen LogP contribution is 2.21. The van der Waals surface area contributed by atoms with E-state index >= 15 is 0 Å². The van der Waals surface area contributed by atoms with E-state index in [1.165, 1.54) is 0 Å². The van der Waals surface area contributed by atoms with Crippen molar-refractivity contribution >= 4 is 40.1 Å². The predicted octanol–water partition coefficient (Wildman–Crippen LogP) is 4.27. The molecule has 1 amide bonds. The summed E-state index contributed by atoms with van der Waals surface area (Å²) < 4.78 is 31.2. The number of carbonyl (C=O) groups is 2. The second-order valence-corrected chi connectivity index (χ2v) is 6.18. The average molecular weight is 391 g/mol. The number of rotatable bonds is 4. The minimum absolute atomic E-state index is 0.0771. The number of fused-ring (bicyclic) bond motifs is 1. The summed E-state index contributed by atoms with van der Waals surface area (Å²) in [6.45, 7) is 1.02. The number of nitrogens with zero attached hydrogens (tertiary/aromatic N) is 1. The van der Waals surface area contributed by atoms with E-state index in [0.29, 0.717) is 27.7 Å². The van der Waals surface area contributed by atoms with Crippen LogP contribution in [0.25, 0.3) is 10.9 Å². The molecule has 0 saturated heterocycles. The Kier molecular flexibility index (Phi) is 5.32. The topological polar surface area (TPSA) is 68.3 Å². The van der Waals surface area contributed by atoms with E-state index in [2.05, 4.69) is 10.3 Å². The summed E-state index contributed by atoms with van der Waals surface area (Å²) in [5.74, 6) is -3.15. The van der Waals surface area contributed by atoms with Gasteiger partial charge in [0.2, 0.25) is 0 Å². The van der Waals surface area contributed by atoms with Gasteiger partial charge in [-0.3, -0.25) is 9.78 Å². The van der Waals surface area contributed by atoms with Gasteiger partial charge in [0.15, 0.2) is 6.61 Å². The fourth-order valence-corrected chi connectivity index (χ4v) is 2.66. The number of nitrogens with one attached hydrogen (secondary N) is 1. The summed E-state index contributed by atoms with van der Waals surface area (Å²) >= 11 is 5.94. The van der Waals surface area contributed by atoms with Crippen molar-refractivity contribution in [1.29, 1.82) is 0 Å². The van der Waals surface area contributed by atoms with Crippen molar-refractivity contribution in [3.63, 3.8) is 0 Å². The molecule has 0 spiro atoms. The molecule has 3 aromatic rings. The van der Waals surface area contributed by atoms with Gasteiger partial charge in [-0.2, -0.15) is 0 Å². The predicted molar refractivity (Wildman–Crippen MR) is 96.8 cm³/mol. The Morgan fingerprint density at radius 3 is 2.52 bits per heavy atom. The van der Waals surface area contributed by atoms with Crippen LogP contribution in [0, 0.1) is 18.6 Å². The molecule has 0 fully saturated rings. The lowest BCUT2D eigenvalue weighted by molar-refractivity contribution is -0.119. The van der Waals surface area contributed by atoms with E-state index in [1.54, 1.807) is 31.2 Å². The third-order valence-electron chi connectivity index (χ3n) is 3.67. The van der Waals surface area contributed by atoms with Gasteiger partial charge < -0.3 is 10.1 Å². The number of benzene rings is 2. The molecule has 0 aliphatic carbocycles. The zero-order valence-corrected chi connectivity index (χ0v) is 14.8. The number of anilines is 1. The fourth-order valence-electron chi connectivity index (χ4n) is 2.48. The molecule has 8 heteroatoms.